The molecule has 0 unspecified atom stereocenters. The van der Waals surface area contributed by atoms with Gasteiger partial charge in [0.2, 0.25) is 0 Å². The van der Waals surface area contributed by atoms with Crippen LogP contribution >= 0.6 is 11.6 Å². The molecule has 0 aliphatic rings. The Balaban J connectivity index is 1.67. The lowest BCUT2D eigenvalue weighted by Gasteiger charge is -2.10. The van der Waals surface area contributed by atoms with Gasteiger partial charge in [0.25, 0.3) is 0 Å². The fourth-order valence-corrected chi connectivity index (χ4v) is 3.25. The zero-order valence-corrected chi connectivity index (χ0v) is 16.2. The Bertz CT molecular complexity index is 1190. The molecule has 0 atom stereocenters. The molecule has 0 aliphatic carbocycles. The van der Waals surface area contributed by atoms with E-state index in [1.165, 1.54) is 12.4 Å². The van der Waals surface area contributed by atoms with Gasteiger partial charge in [-0.05, 0) is 35.4 Å². The number of alkyl halides is 3. The van der Waals surface area contributed by atoms with Crippen LogP contribution in [0.2, 0.25) is 5.02 Å². The average molecular weight is 430 g/mol. The highest BCUT2D eigenvalue weighted by Gasteiger charge is 2.30. The summed E-state index contributed by atoms with van der Waals surface area (Å²) in [4.78, 5) is 8.42. The first-order valence-electron chi connectivity index (χ1n) is 8.86. The number of anilines is 1. The molecule has 2 N–H and O–H groups in total. The average Bonchev–Trinajstić information content (AvgIpc) is 3.16. The summed E-state index contributed by atoms with van der Waals surface area (Å²) in [6.07, 6.45) is 0.266. The van der Waals surface area contributed by atoms with Crippen LogP contribution in [-0.4, -0.2) is 19.7 Å². The molecule has 30 heavy (non-hydrogen) atoms. The number of hydrogen-bond donors (Lipinski definition) is 1. The minimum Gasteiger partial charge on any atom is -0.383 e. The summed E-state index contributed by atoms with van der Waals surface area (Å²) >= 11 is 5.97. The van der Waals surface area contributed by atoms with E-state index in [0.29, 0.717) is 33.2 Å². The van der Waals surface area contributed by atoms with E-state index in [1.807, 2.05) is 12.1 Å². The van der Waals surface area contributed by atoms with Gasteiger partial charge in [0.1, 0.15) is 12.1 Å². The molecular weight excluding hydrogens is 415 g/mol. The van der Waals surface area contributed by atoms with E-state index in [1.54, 1.807) is 35.3 Å². The van der Waals surface area contributed by atoms with Gasteiger partial charge in [-0.3, -0.25) is 4.68 Å². The van der Waals surface area contributed by atoms with Crippen LogP contribution in [-0.2, 0) is 12.7 Å². The normalized spacial score (nSPS) is 11.6. The van der Waals surface area contributed by atoms with Crippen molar-refractivity contribution in [3.8, 4) is 22.4 Å². The quantitative estimate of drug-likeness (QED) is 0.477. The first-order chi connectivity index (χ1) is 14.3. The van der Waals surface area contributed by atoms with E-state index in [2.05, 4.69) is 15.1 Å². The van der Waals surface area contributed by atoms with Gasteiger partial charge in [-0.15, -0.1) is 0 Å². The maximum absolute atomic E-state index is 12.9. The number of halogens is 4. The molecule has 4 rings (SSSR count). The Kier molecular flexibility index (Phi) is 5.17. The van der Waals surface area contributed by atoms with Crippen LogP contribution in [0.1, 0.15) is 11.1 Å². The number of benzene rings is 2. The van der Waals surface area contributed by atoms with Gasteiger partial charge in [-0.25, -0.2) is 9.97 Å². The van der Waals surface area contributed by atoms with Crippen molar-refractivity contribution in [3.05, 3.63) is 83.4 Å². The minimum absolute atomic E-state index is 0.181. The number of nitrogen functional groups attached to an aromatic ring is 1. The van der Waals surface area contributed by atoms with Gasteiger partial charge in [-0.1, -0.05) is 35.9 Å². The Morgan fingerprint density at radius 3 is 2.50 bits per heavy atom. The van der Waals surface area contributed by atoms with Crippen LogP contribution in [0.15, 0.2) is 67.3 Å². The lowest BCUT2D eigenvalue weighted by molar-refractivity contribution is -0.137. The smallest absolute Gasteiger partial charge is 0.383 e. The molecule has 4 aromatic rings. The number of nitrogens with zero attached hydrogens (tertiary/aromatic N) is 4. The summed E-state index contributed by atoms with van der Waals surface area (Å²) in [5, 5.41) is 4.86. The second-order valence-corrected chi connectivity index (χ2v) is 7.05. The van der Waals surface area contributed by atoms with Gasteiger partial charge in [0.05, 0.1) is 29.6 Å². The van der Waals surface area contributed by atoms with Gasteiger partial charge in [0.15, 0.2) is 0 Å². The van der Waals surface area contributed by atoms with Crippen LogP contribution in [0.3, 0.4) is 0 Å². The van der Waals surface area contributed by atoms with Crippen molar-refractivity contribution in [2.75, 3.05) is 5.73 Å². The van der Waals surface area contributed by atoms with E-state index in [0.717, 1.165) is 17.7 Å². The third-order valence-electron chi connectivity index (χ3n) is 4.52. The summed E-state index contributed by atoms with van der Waals surface area (Å²) in [6, 6.07) is 12.3. The van der Waals surface area contributed by atoms with Crippen LogP contribution in [0.25, 0.3) is 22.4 Å². The van der Waals surface area contributed by atoms with Crippen molar-refractivity contribution in [3.63, 3.8) is 0 Å². The second-order valence-electron chi connectivity index (χ2n) is 6.61. The van der Waals surface area contributed by atoms with Crippen LogP contribution in [0.4, 0.5) is 19.0 Å². The molecular formula is C21H15ClF3N5. The van der Waals surface area contributed by atoms with E-state index >= 15 is 0 Å². The highest BCUT2D eigenvalue weighted by atomic mass is 35.5. The fraction of sp³-hybridized carbons (Fsp3) is 0.0952. The minimum atomic E-state index is -4.39. The van der Waals surface area contributed by atoms with Gasteiger partial charge >= 0.3 is 6.18 Å². The Labute approximate surface area is 175 Å². The van der Waals surface area contributed by atoms with Gasteiger partial charge in [-0.2, -0.15) is 18.3 Å². The SMILES string of the molecule is Nc1ncnc(-c2cnn(Cc3cccc(C(F)(F)F)c3)c2)c1-c1ccc(Cl)cc1. The third kappa shape index (κ3) is 4.13. The highest BCUT2D eigenvalue weighted by molar-refractivity contribution is 6.30. The summed E-state index contributed by atoms with van der Waals surface area (Å²) in [5.74, 6) is 0.299. The first kappa shape index (κ1) is 19.9. The van der Waals surface area contributed by atoms with Crippen molar-refractivity contribution in [1.29, 1.82) is 0 Å². The summed E-state index contributed by atoms with van der Waals surface area (Å²) in [6.45, 7) is 0.181. The molecule has 2 heterocycles. The molecule has 9 heteroatoms. The molecule has 0 aliphatic heterocycles. The maximum atomic E-state index is 12.9. The Hall–Kier alpha value is -3.39. The zero-order chi connectivity index (χ0) is 21.3. The Morgan fingerprint density at radius 1 is 1.00 bits per heavy atom. The fourth-order valence-electron chi connectivity index (χ4n) is 3.12. The number of hydrogen-bond acceptors (Lipinski definition) is 4. The zero-order valence-electron chi connectivity index (χ0n) is 15.4. The lowest BCUT2D eigenvalue weighted by atomic mass is 10.0. The van der Waals surface area contributed by atoms with Crippen LogP contribution in [0, 0.1) is 0 Å². The number of aromatic nitrogens is 4. The predicted molar refractivity (Wildman–Crippen MR) is 109 cm³/mol. The molecule has 0 fully saturated rings. The van der Waals surface area contributed by atoms with Crippen molar-refractivity contribution in [2.45, 2.75) is 12.7 Å². The molecule has 0 bridgehead atoms. The summed E-state index contributed by atoms with van der Waals surface area (Å²) in [7, 11) is 0. The Morgan fingerprint density at radius 2 is 1.77 bits per heavy atom. The monoisotopic (exact) mass is 429 g/mol. The molecule has 0 saturated heterocycles. The van der Waals surface area contributed by atoms with Crippen LogP contribution in [0.5, 0.6) is 0 Å². The lowest BCUT2D eigenvalue weighted by Crippen LogP contribution is -2.07. The second kappa shape index (κ2) is 7.79. The summed E-state index contributed by atoms with van der Waals surface area (Å²) in [5.41, 5.74) is 8.55. The van der Waals surface area contributed by atoms with Crippen molar-refractivity contribution in [1.82, 2.24) is 19.7 Å². The first-order valence-corrected chi connectivity index (χ1v) is 9.24. The topological polar surface area (TPSA) is 69.6 Å². The highest BCUT2D eigenvalue weighted by Crippen LogP contribution is 2.34. The van der Waals surface area contributed by atoms with Crippen molar-refractivity contribution < 1.29 is 13.2 Å². The van der Waals surface area contributed by atoms with E-state index < -0.39 is 11.7 Å². The molecule has 2 aromatic heterocycles. The molecule has 0 spiro atoms. The van der Waals surface area contributed by atoms with Gasteiger partial charge in [0, 0.05) is 16.8 Å². The molecule has 152 valence electrons. The third-order valence-corrected chi connectivity index (χ3v) is 4.77. The predicted octanol–water partition coefficient (Wildman–Crippen LogP) is 5.31. The summed E-state index contributed by atoms with van der Waals surface area (Å²) < 4.78 is 40.4. The molecule has 0 radical (unpaired) electrons. The largest absolute Gasteiger partial charge is 0.416 e. The van der Waals surface area contributed by atoms with Crippen molar-refractivity contribution in [2.24, 2.45) is 0 Å². The van der Waals surface area contributed by atoms with Crippen molar-refractivity contribution >= 4 is 17.4 Å². The van der Waals surface area contributed by atoms with E-state index in [9.17, 15) is 13.2 Å². The molecule has 0 saturated carbocycles. The van der Waals surface area contributed by atoms with E-state index in [4.69, 9.17) is 17.3 Å². The van der Waals surface area contributed by atoms with E-state index in [-0.39, 0.29) is 6.54 Å². The standard InChI is InChI=1S/C21H15ClF3N5/c22-17-6-4-14(5-7-17)18-19(27-12-28-20(18)26)15-9-29-30(11-15)10-13-2-1-3-16(8-13)21(23,24)25/h1-9,11-12H,10H2,(H2,26,27,28). The maximum Gasteiger partial charge on any atom is 0.416 e. The molecule has 2 aromatic carbocycles. The van der Waals surface area contributed by atoms with Crippen LogP contribution < -0.4 is 5.73 Å². The number of nitrogens with two attached hydrogens (primary N) is 1. The number of rotatable bonds is 4. The molecule has 5 nitrogen and oxygen atoms in total. The molecule has 0 amide bonds. The van der Waals surface area contributed by atoms with Gasteiger partial charge < -0.3 is 5.73 Å².